The van der Waals surface area contributed by atoms with Gasteiger partial charge in [-0.2, -0.15) is 0 Å². The molecule has 0 bridgehead atoms. The van der Waals surface area contributed by atoms with Crippen molar-refractivity contribution < 1.29 is 0 Å². The molecule has 1 heteroatoms. The number of nitrogens with one attached hydrogen (secondary N) is 1. The fraction of sp³-hybridized carbons (Fsp3) is 1.00. The van der Waals surface area contributed by atoms with Crippen molar-refractivity contribution in [1.29, 1.82) is 0 Å². The highest BCUT2D eigenvalue weighted by Gasteiger charge is 2.19. The molecule has 0 spiro atoms. The van der Waals surface area contributed by atoms with Gasteiger partial charge in [0.05, 0.1) is 0 Å². The van der Waals surface area contributed by atoms with Gasteiger partial charge < -0.3 is 5.32 Å². The minimum Gasteiger partial charge on any atom is -0.319 e. The van der Waals surface area contributed by atoms with Gasteiger partial charge in [0.15, 0.2) is 0 Å². The van der Waals surface area contributed by atoms with E-state index >= 15 is 0 Å². The Morgan fingerprint density at radius 1 is 0.688 bits per heavy atom. The summed E-state index contributed by atoms with van der Waals surface area (Å²) in [6.07, 6.45) is 2.74. The zero-order valence-electron chi connectivity index (χ0n) is 12.5. The molecular weight excluding hydrogens is 194 g/mol. The van der Waals surface area contributed by atoms with E-state index in [-0.39, 0.29) is 0 Å². The second-order valence-electron chi connectivity index (χ2n) is 6.33. The molecule has 0 aliphatic rings. The average Bonchev–Trinajstić information content (AvgIpc) is 2.16. The van der Waals surface area contributed by atoms with Crippen LogP contribution in [0.4, 0.5) is 0 Å². The van der Waals surface area contributed by atoms with Crippen molar-refractivity contribution in [3.63, 3.8) is 0 Å². The van der Waals surface area contributed by atoms with Gasteiger partial charge in [0.2, 0.25) is 0 Å². The van der Waals surface area contributed by atoms with Crippen LogP contribution in [0, 0.1) is 29.6 Å². The predicted octanol–water partition coefficient (Wildman–Crippen LogP) is 4.19. The molecule has 4 atom stereocenters. The zero-order chi connectivity index (χ0) is 12.7. The van der Waals surface area contributed by atoms with E-state index in [4.69, 9.17) is 0 Å². The predicted molar refractivity (Wildman–Crippen MR) is 74.7 cm³/mol. The van der Waals surface area contributed by atoms with Gasteiger partial charge in [0.1, 0.15) is 0 Å². The first-order valence-electron chi connectivity index (χ1n) is 7.03. The van der Waals surface area contributed by atoms with Crippen LogP contribution in [-0.4, -0.2) is 13.6 Å². The van der Waals surface area contributed by atoms with Crippen LogP contribution >= 0.6 is 0 Å². The largest absolute Gasteiger partial charge is 0.319 e. The van der Waals surface area contributed by atoms with E-state index in [9.17, 15) is 0 Å². The molecule has 0 aliphatic heterocycles. The second kappa shape index (κ2) is 8.11. The molecule has 0 aromatic heterocycles. The normalized spacial score (nSPS) is 19.5. The summed E-state index contributed by atoms with van der Waals surface area (Å²) >= 11 is 0. The van der Waals surface area contributed by atoms with E-state index in [0.29, 0.717) is 0 Å². The van der Waals surface area contributed by atoms with Crippen LogP contribution < -0.4 is 5.32 Å². The second-order valence-corrected chi connectivity index (χ2v) is 6.33. The molecule has 0 rings (SSSR count). The first-order valence-corrected chi connectivity index (χ1v) is 7.03. The topological polar surface area (TPSA) is 12.0 Å². The lowest BCUT2D eigenvalue weighted by atomic mass is 9.79. The number of hydrogen-bond donors (Lipinski definition) is 1. The third kappa shape index (κ3) is 6.52. The molecule has 1 nitrogen and oxygen atoms in total. The van der Waals surface area contributed by atoms with E-state index in [1.54, 1.807) is 0 Å². The molecule has 0 radical (unpaired) electrons. The minimum atomic E-state index is 0.790. The Morgan fingerprint density at radius 3 is 1.56 bits per heavy atom. The maximum atomic E-state index is 3.28. The SMILES string of the molecule is CNCC(C)C(C)CC(C)C(C)CC(C)C. The fourth-order valence-electron chi connectivity index (χ4n) is 2.55. The quantitative estimate of drug-likeness (QED) is 0.656. The van der Waals surface area contributed by atoms with Crippen molar-refractivity contribution in [1.82, 2.24) is 5.32 Å². The molecule has 0 heterocycles. The lowest BCUT2D eigenvalue weighted by Crippen LogP contribution is -2.24. The van der Waals surface area contributed by atoms with Gasteiger partial charge in [-0.05, 0) is 56.0 Å². The van der Waals surface area contributed by atoms with E-state index in [2.05, 4.69) is 46.9 Å². The molecule has 0 saturated heterocycles. The van der Waals surface area contributed by atoms with Crippen LogP contribution in [0.5, 0.6) is 0 Å². The van der Waals surface area contributed by atoms with Crippen LogP contribution in [0.1, 0.15) is 54.4 Å². The summed E-state index contributed by atoms with van der Waals surface area (Å²) in [5, 5.41) is 3.28. The monoisotopic (exact) mass is 227 g/mol. The highest BCUT2D eigenvalue weighted by atomic mass is 14.8. The average molecular weight is 227 g/mol. The van der Waals surface area contributed by atoms with Crippen LogP contribution in [0.3, 0.4) is 0 Å². The summed E-state index contributed by atoms with van der Waals surface area (Å²) in [5.41, 5.74) is 0. The lowest BCUT2D eigenvalue weighted by Gasteiger charge is -2.27. The summed E-state index contributed by atoms with van der Waals surface area (Å²) in [7, 11) is 2.05. The first-order chi connectivity index (χ1) is 7.38. The molecule has 0 amide bonds. The third-order valence-electron chi connectivity index (χ3n) is 4.06. The summed E-state index contributed by atoms with van der Waals surface area (Å²) in [6.45, 7) is 15.4. The molecular formula is C15H33N. The van der Waals surface area contributed by atoms with Crippen molar-refractivity contribution in [2.24, 2.45) is 29.6 Å². The lowest BCUT2D eigenvalue weighted by molar-refractivity contribution is 0.238. The Hall–Kier alpha value is -0.0400. The standard InChI is InChI=1S/C15H33N/c1-11(2)8-12(3)13(4)9-14(5)15(6)10-16-7/h11-16H,8-10H2,1-7H3. The highest BCUT2D eigenvalue weighted by Crippen LogP contribution is 2.28. The fourth-order valence-corrected chi connectivity index (χ4v) is 2.55. The summed E-state index contributed by atoms with van der Waals surface area (Å²) in [4.78, 5) is 0. The van der Waals surface area contributed by atoms with Crippen molar-refractivity contribution in [2.75, 3.05) is 13.6 Å². The van der Waals surface area contributed by atoms with E-state index in [1.807, 2.05) is 7.05 Å². The van der Waals surface area contributed by atoms with Crippen molar-refractivity contribution >= 4 is 0 Å². The smallest absolute Gasteiger partial charge is 0.00236 e. The zero-order valence-corrected chi connectivity index (χ0v) is 12.5. The van der Waals surface area contributed by atoms with Gasteiger partial charge in [-0.1, -0.05) is 41.5 Å². The van der Waals surface area contributed by atoms with Gasteiger partial charge in [0, 0.05) is 0 Å². The summed E-state index contributed by atoms with van der Waals surface area (Å²) < 4.78 is 0. The molecule has 0 aliphatic carbocycles. The Morgan fingerprint density at radius 2 is 1.12 bits per heavy atom. The summed E-state index contributed by atoms with van der Waals surface area (Å²) in [5.74, 6) is 4.18. The van der Waals surface area contributed by atoms with E-state index < -0.39 is 0 Å². The van der Waals surface area contributed by atoms with Crippen molar-refractivity contribution in [3.8, 4) is 0 Å². The van der Waals surface area contributed by atoms with Gasteiger partial charge in [-0.15, -0.1) is 0 Å². The highest BCUT2D eigenvalue weighted by molar-refractivity contribution is 4.71. The van der Waals surface area contributed by atoms with Crippen molar-refractivity contribution in [3.05, 3.63) is 0 Å². The van der Waals surface area contributed by atoms with Crippen LogP contribution in [0.2, 0.25) is 0 Å². The minimum absolute atomic E-state index is 0.790. The van der Waals surface area contributed by atoms with Gasteiger partial charge in [0.25, 0.3) is 0 Å². The molecule has 4 unspecified atom stereocenters. The molecule has 0 aromatic rings. The number of hydrogen-bond acceptors (Lipinski definition) is 1. The van der Waals surface area contributed by atoms with Gasteiger partial charge in [-0.3, -0.25) is 0 Å². The van der Waals surface area contributed by atoms with E-state index in [0.717, 1.165) is 36.1 Å². The van der Waals surface area contributed by atoms with Crippen LogP contribution in [0.25, 0.3) is 0 Å². The molecule has 1 N–H and O–H groups in total. The molecule has 0 saturated carbocycles. The Balaban J connectivity index is 3.97. The van der Waals surface area contributed by atoms with Crippen LogP contribution in [0.15, 0.2) is 0 Å². The first kappa shape index (κ1) is 16.0. The summed E-state index contributed by atoms with van der Waals surface area (Å²) in [6, 6.07) is 0. The van der Waals surface area contributed by atoms with Gasteiger partial charge >= 0.3 is 0 Å². The van der Waals surface area contributed by atoms with Crippen molar-refractivity contribution in [2.45, 2.75) is 54.4 Å². The Bertz CT molecular complexity index is 165. The number of rotatable bonds is 8. The molecule has 16 heavy (non-hydrogen) atoms. The van der Waals surface area contributed by atoms with Gasteiger partial charge in [-0.25, -0.2) is 0 Å². The molecule has 0 aromatic carbocycles. The maximum Gasteiger partial charge on any atom is -0.00236 e. The maximum absolute atomic E-state index is 3.28. The van der Waals surface area contributed by atoms with Crippen LogP contribution in [-0.2, 0) is 0 Å². The molecule has 98 valence electrons. The Labute approximate surface area is 103 Å². The Kier molecular flexibility index (Phi) is 8.09. The molecule has 0 fully saturated rings. The third-order valence-corrected chi connectivity index (χ3v) is 4.06. The van der Waals surface area contributed by atoms with E-state index in [1.165, 1.54) is 12.8 Å².